The Bertz CT molecular complexity index is 899. The van der Waals surface area contributed by atoms with Gasteiger partial charge in [-0.05, 0) is 36.1 Å². The number of para-hydroxylation sites is 1. The highest BCUT2D eigenvalue weighted by atomic mass is 32.2. The molecule has 0 N–H and O–H groups in total. The van der Waals surface area contributed by atoms with E-state index in [4.69, 9.17) is 4.74 Å². The molecule has 26 heavy (non-hydrogen) atoms. The van der Waals surface area contributed by atoms with Gasteiger partial charge in [0.2, 0.25) is 5.88 Å². The number of hydrogen-bond donors (Lipinski definition) is 0. The van der Waals surface area contributed by atoms with Gasteiger partial charge in [0, 0.05) is 17.5 Å². The average molecular weight is 368 g/mol. The lowest BCUT2D eigenvalue weighted by Gasteiger charge is -2.13. The lowest BCUT2D eigenvalue weighted by Crippen LogP contribution is -1.98. The van der Waals surface area contributed by atoms with E-state index < -0.39 is 0 Å². The molecule has 134 valence electrons. The van der Waals surface area contributed by atoms with Gasteiger partial charge in [-0.1, -0.05) is 62.0 Å². The van der Waals surface area contributed by atoms with Gasteiger partial charge in [-0.3, -0.25) is 0 Å². The number of thioether (sulfide) groups is 1. The minimum Gasteiger partial charge on any atom is -0.439 e. The fourth-order valence-corrected chi connectivity index (χ4v) is 3.43. The molecule has 0 aliphatic heterocycles. The van der Waals surface area contributed by atoms with E-state index in [2.05, 4.69) is 29.9 Å². The highest BCUT2D eigenvalue weighted by molar-refractivity contribution is 7.98. The Morgan fingerprint density at radius 2 is 1.77 bits per heavy atom. The first-order valence-corrected chi connectivity index (χ1v) is 9.50. The molecule has 0 unspecified atom stereocenters. The van der Waals surface area contributed by atoms with Crippen LogP contribution in [0.15, 0.2) is 59.8 Å². The monoisotopic (exact) mass is 368 g/mol. The van der Waals surface area contributed by atoms with Crippen LogP contribution in [0.4, 0.5) is 4.39 Å². The topological polar surface area (TPSA) is 35.0 Å². The first-order valence-electron chi connectivity index (χ1n) is 8.51. The molecular weight excluding hydrogens is 347 g/mol. The molecule has 0 aliphatic carbocycles. The van der Waals surface area contributed by atoms with Gasteiger partial charge in [0.1, 0.15) is 11.6 Å². The summed E-state index contributed by atoms with van der Waals surface area (Å²) in [7, 11) is 0. The van der Waals surface area contributed by atoms with E-state index in [-0.39, 0.29) is 5.82 Å². The zero-order chi connectivity index (χ0) is 18.5. The van der Waals surface area contributed by atoms with Gasteiger partial charge in [0.05, 0.1) is 0 Å². The molecule has 2 aromatic carbocycles. The smallest absolute Gasteiger partial charge is 0.223 e. The molecule has 1 heterocycles. The van der Waals surface area contributed by atoms with E-state index in [1.54, 1.807) is 12.1 Å². The molecule has 0 aliphatic rings. The molecule has 0 saturated heterocycles. The van der Waals surface area contributed by atoms with Crippen molar-refractivity contribution in [2.45, 2.75) is 37.6 Å². The van der Waals surface area contributed by atoms with Crippen molar-refractivity contribution >= 4 is 11.8 Å². The summed E-state index contributed by atoms with van der Waals surface area (Å²) >= 11 is 1.39. The number of ether oxygens (including phenoxy) is 1. The van der Waals surface area contributed by atoms with Crippen molar-refractivity contribution in [1.29, 1.82) is 0 Å². The minimum atomic E-state index is -0.213. The van der Waals surface area contributed by atoms with E-state index in [1.165, 1.54) is 17.8 Å². The van der Waals surface area contributed by atoms with Crippen molar-refractivity contribution in [3.63, 3.8) is 0 Å². The van der Waals surface area contributed by atoms with E-state index in [1.807, 2.05) is 37.3 Å². The molecule has 0 amide bonds. The van der Waals surface area contributed by atoms with Gasteiger partial charge in [0.25, 0.3) is 0 Å². The Hall–Kier alpha value is -2.40. The summed E-state index contributed by atoms with van der Waals surface area (Å²) in [6.07, 6.45) is 0. The van der Waals surface area contributed by atoms with Crippen LogP contribution in [0, 0.1) is 12.7 Å². The quantitative estimate of drug-likeness (QED) is 0.387. The van der Waals surface area contributed by atoms with Gasteiger partial charge < -0.3 is 4.74 Å². The van der Waals surface area contributed by atoms with Gasteiger partial charge in [-0.2, -0.15) is 4.98 Å². The largest absolute Gasteiger partial charge is 0.439 e. The van der Waals surface area contributed by atoms with Crippen LogP contribution in [0.1, 0.15) is 36.6 Å². The van der Waals surface area contributed by atoms with Crippen LogP contribution >= 0.6 is 11.8 Å². The lowest BCUT2D eigenvalue weighted by atomic mass is 10.0. The predicted octanol–water partition coefficient (Wildman–Crippen LogP) is 6.13. The van der Waals surface area contributed by atoms with Crippen LogP contribution in [0.3, 0.4) is 0 Å². The van der Waals surface area contributed by atoms with Crippen molar-refractivity contribution < 1.29 is 9.13 Å². The number of rotatable bonds is 6. The third-order valence-electron chi connectivity index (χ3n) is 3.88. The summed E-state index contributed by atoms with van der Waals surface area (Å²) in [5.41, 5.74) is 2.58. The maximum absolute atomic E-state index is 13.8. The number of hydrogen-bond acceptors (Lipinski definition) is 4. The molecule has 0 fully saturated rings. The second-order valence-corrected chi connectivity index (χ2v) is 7.25. The zero-order valence-electron chi connectivity index (χ0n) is 15.1. The Morgan fingerprint density at radius 3 is 2.54 bits per heavy atom. The second kappa shape index (κ2) is 8.32. The van der Waals surface area contributed by atoms with Gasteiger partial charge >= 0.3 is 0 Å². The van der Waals surface area contributed by atoms with Gasteiger partial charge in [-0.25, -0.2) is 9.37 Å². The summed E-state index contributed by atoms with van der Waals surface area (Å²) in [6, 6.07) is 16.5. The van der Waals surface area contributed by atoms with E-state index >= 15 is 0 Å². The average Bonchev–Trinajstić information content (AvgIpc) is 2.61. The van der Waals surface area contributed by atoms with Crippen molar-refractivity contribution in [2.24, 2.45) is 0 Å². The SMILES string of the molecule is Cc1cc(Oc2ccccc2C(C)C)nc(SCc2ccccc2F)n1. The molecule has 5 heteroatoms. The number of aryl methyl sites for hydroxylation is 1. The van der Waals surface area contributed by atoms with E-state index in [0.29, 0.717) is 28.3 Å². The molecule has 0 saturated carbocycles. The fraction of sp³-hybridized carbons (Fsp3) is 0.238. The molecule has 3 aromatic rings. The van der Waals surface area contributed by atoms with Crippen molar-refractivity contribution in [1.82, 2.24) is 9.97 Å². The van der Waals surface area contributed by atoms with Crippen LogP contribution in [0.25, 0.3) is 0 Å². The molecule has 0 spiro atoms. The first kappa shape index (κ1) is 18.4. The molecule has 0 atom stereocenters. The zero-order valence-corrected chi connectivity index (χ0v) is 15.9. The van der Waals surface area contributed by atoms with Crippen molar-refractivity contribution in [3.05, 3.63) is 77.2 Å². The molecular formula is C21H21FN2OS. The minimum absolute atomic E-state index is 0.213. The third kappa shape index (κ3) is 4.61. The number of aromatic nitrogens is 2. The Morgan fingerprint density at radius 1 is 1.04 bits per heavy atom. The number of halogens is 1. The molecule has 3 rings (SSSR count). The fourth-order valence-electron chi connectivity index (χ4n) is 2.55. The van der Waals surface area contributed by atoms with Gasteiger partial charge in [0.15, 0.2) is 5.16 Å². The molecule has 1 aromatic heterocycles. The van der Waals surface area contributed by atoms with Crippen LogP contribution < -0.4 is 4.74 Å². The summed E-state index contributed by atoms with van der Waals surface area (Å²) in [5.74, 6) is 1.91. The van der Waals surface area contributed by atoms with Crippen LogP contribution in [0.2, 0.25) is 0 Å². The van der Waals surface area contributed by atoms with Gasteiger partial charge in [-0.15, -0.1) is 0 Å². The lowest BCUT2D eigenvalue weighted by molar-refractivity contribution is 0.446. The number of nitrogens with zero attached hydrogens (tertiary/aromatic N) is 2. The Kier molecular flexibility index (Phi) is 5.89. The predicted molar refractivity (Wildman–Crippen MR) is 103 cm³/mol. The summed E-state index contributed by atoms with van der Waals surface area (Å²) < 4.78 is 19.8. The normalized spacial score (nSPS) is 11.0. The summed E-state index contributed by atoms with van der Waals surface area (Å²) in [4.78, 5) is 8.91. The summed E-state index contributed by atoms with van der Waals surface area (Å²) in [5, 5.41) is 0.574. The standard InChI is InChI=1S/C21H21FN2OS/c1-14(2)17-9-5-7-11-19(17)25-20-12-15(3)23-21(24-20)26-13-16-8-4-6-10-18(16)22/h4-12,14H,13H2,1-3H3. The number of benzene rings is 2. The maximum Gasteiger partial charge on any atom is 0.223 e. The van der Waals surface area contributed by atoms with Crippen molar-refractivity contribution in [2.75, 3.05) is 0 Å². The molecule has 0 bridgehead atoms. The van der Waals surface area contributed by atoms with Crippen LogP contribution in [-0.2, 0) is 5.75 Å². The van der Waals surface area contributed by atoms with E-state index in [9.17, 15) is 4.39 Å². The van der Waals surface area contributed by atoms with Crippen LogP contribution in [-0.4, -0.2) is 9.97 Å². The second-order valence-electron chi connectivity index (χ2n) is 6.30. The highest BCUT2D eigenvalue weighted by Crippen LogP contribution is 2.31. The Balaban J connectivity index is 1.79. The third-order valence-corrected chi connectivity index (χ3v) is 4.78. The first-order chi connectivity index (χ1) is 12.5. The van der Waals surface area contributed by atoms with E-state index in [0.717, 1.165) is 17.0 Å². The highest BCUT2D eigenvalue weighted by Gasteiger charge is 2.11. The van der Waals surface area contributed by atoms with Crippen LogP contribution in [0.5, 0.6) is 11.6 Å². The maximum atomic E-state index is 13.8. The van der Waals surface area contributed by atoms with Crippen molar-refractivity contribution in [3.8, 4) is 11.6 Å². The molecule has 3 nitrogen and oxygen atoms in total. The Labute approximate surface area is 157 Å². The molecule has 0 radical (unpaired) electrons. The summed E-state index contributed by atoms with van der Waals surface area (Å²) in [6.45, 7) is 6.16.